The highest BCUT2D eigenvalue weighted by atomic mass is 16.2. The standard InChI is InChI=1S/C24H22N2O2/c1-16-9-8-14-21(17(16)2)25-23(27)22(18-10-4-3-5-11-18)26-15-19-12-6-7-13-20(19)24(26)28/h3-14,22H,15H2,1-2H3,(H,25,27). The minimum atomic E-state index is -0.694. The van der Waals surface area contributed by atoms with Gasteiger partial charge in [0.1, 0.15) is 6.04 Å². The largest absolute Gasteiger partial charge is 0.324 e. The van der Waals surface area contributed by atoms with Crippen LogP contribution in [0.3, 0.4) is 0 Å². The third-order valence-corrected chi connectivity index (χ3v) is 5.39. The minimum absolute atomic E-state index is 0.111. The number of benzene rings is 3. The average molecular weight is 370 g/mol. The highest BCUT2D eigenvalue weighted by Crippen LogP contribution is 2.32. The number of nitrogens with one attached hydrogen (secondary N) is 1. The normalized spacial score (nSPS) is 13.9. The van der Waals surface area contributed by atoms with E-state index in [1.165, 1.54) is 0 Å². The summed E-state index contributed by atoms with van der Waals surface area (Å²) < 4.78 is 0. The van der Waals surface area contributed by atoms with E-state index in [0.717, 1.165) is 27.9 Å². The molecule has 4 rings (SSSR count). The van der Waals surface area contributed by atoms with Gasteiger partial charge in [0.2, 0.25) is 0 Å². The Morgan fingerprint density at radius 3 is 2.39 bits per heavy atom. The average Bonchev–Trinajstić information content (AvgIpc) is 3.03. The van der Waals surface area contributed by atoms with Crippen LogP contribution < -0.4 is 5.32 Å². The number of carbonyl (C=O) groups is 2. The predicted octanol–water partition coefficient (Wildman–Crippen LogP) is 4.64. The number of hydrogen-bond donors (Lipinski definition) is 1. The van der Waals surface area contributed by atoms with Crippen molar-refractivity contribution >= 4 is 17.5 Å². The third-order valence-electron chi connectivity index (χ3n) is 5.39. The molecule has 1 unspecified atom stereocenters. The van der Waals surface area contributed by atoms with E-state index in [-0.39, 0.29) is 11.8 Å². The molecule has 140 valence electrons. The van der Waals surface area contributed by atoms with E-state index < -0.39 is 6.04 Å². The molecule has 3 aromatic carbocycles. The smallest absolute Gasteiger partial charge is 0.255 e. The van der Waals surface area contributed by atoms with Gasteiger partial charge in [0, 0.05) is 17.8 Å². The van der Waals surface area contributed by atoms with Crippen LogP contribution >= 0.6 is 0 Å². The van der Waals surface area contributed by atoms with Crippen LogP contribution in [-0.4, -0.2) is 16.7 Å². The lowest BCUT2D eigenvalue weighted by Gasteiger charge is -2.27. The first kappa shape index (κ1) is 18.0. The summed E-state index contributed by atoms with van der Waals surface area (Å²) in [6.45, 7) is 4.43. The van der Waals surface area contributed by atoms with Gasteiger partial charge >= 0.3 is 0 Å². The number of nitrogens with zero attached hydrogens (tertiary/aromatic N) is 1. The number of anilines is 1. The Kier molecular flexibility index (Phi) is 4.70. The van der Waals surface area contributed by atoms with Crippen LogP contribution in [0.2, 0.25) is 0 Å². The van der Waals surface area contributed by atoms with Crippen LogP contribution in [0, 0.1) is 13.8 Å². The van der Waals surface area contributed by atoms with Gasteiger partial charge in [-0.25, -0.2) is 0 Å². The van der Waals surface area contributed by atoms with Crippen LogP contribution in [0.15, 0.2) is 72.8 Å². The fraction of sp³-hybridized carbons (Fsp3) is 0.167. The van der Waals surface area contributed by atoms with Crippen molar-refractivity contribution in [1.29, 1.82) is 0 Å². The van der Waals surface area contributed by atoms with Crippen molar-refractivity contribution in [3.63, 3.8) is 0 Å². The van der Waals surface area contributed by atoms with Crippen molar-refractivity contribution in [3.8, 4) is 0 Å². The zero-order chi connectivity index (χ0) is 19.7. The van der Waals surface area contributed by atoms with Gasteiger partial charge in [-0.05, 0) is 48.2 Å². The molecule has 1 heterocycles. The molecule has 0 bridgehead atoms. The van der Waals surface area contributed by atoms with Crippen molar-refractivity contribution in [1.82, 2.24) is 4.90 Å². The molecule has 1 N–H and O–H groups in total. The van der Waals surface area contributed by atoms with E-state index in [4.69, 9.17) is 0 Å². The number of rotatable bonds is 4. The van der Waals surface area contributed by atoms with Gasteiger partial charge in [-0.3, -0.25) is 9.59 Å². The van der Waals surface area contributed by atoms with Gasteiger partial charge in [-0.1, -0.05) is 60.7 Å². The van der Waals surface area contributed by atoms with Crippen LogP contribution in [0.4, 0.5) is 5.69 Å². The zero-order valence-corrected chi connectivity index (χ0v) is 16.0. The third kappa shape index (κ3) is 3.18. The molecule has 28 heavy (non-hydrogen) atoms. The maximum Gasteiger partial charge on any atom is 0.255 e. The maximum absolute atomic E-state index is 13.4. The Labute approximate surface area is 164 Å². The van der Waals surface area contributed by atoms with Gasteiger partial charge < -0.3 is 10.2 Å². The summed E-state index contributed by atoms with van der Waals surface area (Å²) in [4.78, 5) is 28.0. The highest BCUT2D eigenvalue weighted by molar-refractivity contribution is 6.04. The first-order valence-corrected chi connectivity index (χ1v) is 9.37. The first-order chi connectivity index (χ1) is 13.6. The summed E-state index contributed by atoms with van der Waals surface area (Å²) in [5, 5.41) is 3.04. The topological polar surface area (TPSA) is 49.4 Å². The second-order valence-corrected chi connectivity index (χ2v) is 7.14. The van der Waals surface area contributed by atoms with Crippen molar-refractivity contribution in [2.45, 2.75) is 26.4 Å². The summed E-state index contributed by atoms with van der Waals surface area (Å²) in [6, 6.07) is 22.1. The van der Waals surface area contributed by atoms with Crippen molar-refractivity contribution in [3.05, 3.63) is 101 Å². The van der Waals surface area contributed by atoms with Crippen LogP contribution in [0.25, 0.3) is 0 Å². The fourth-order valence-electron chi connectivity index (χ4n) is 3.68. The lowest BCUT2D eigenvalue weighted by atomic mass is 10.0. The molecular weight excluding hydrogens is 348 g/mol. The van der Waals surface area contributed by atoms with E-state index in [2.05, 4.69) is 5.32 Å². The fourth-order valence-corrected chi connectivity index (χ4v) is 3.68. The van der Waals surface area contributed by atoms with Crippen molar-refractivity contribution in [2.75, 3.05) is 5.32 Å². The molecule has 4 nitrogen and oxygen atoms in total. The molecule has 2 amide bonds. The summed E-state index contributed by atoms with van der Waals surface area (Å²) in [5.41, 5.74) is 5.33. The zero-order valence-electron chi connectivity index (χ0n) is 16.0. The SMILES string of the molecule is Cc1cccc(NC(=O)C(c2ccccc2)N2Cc3ccccc3C2=O)c1C. The molecule has 0 fully saturated rings. The molecule has 0 spiro atoms. The van der Waals surface area contributed by atoms with Crippen LogP contribution in [0.5, 0.6) is 0 Å². The van der Waals surface area contributed by atoms with E-state index in [9.17, 15) is 9.59 Å². The lowest BCUT2D eigenvalue weighted by Crippen LogP contribution is -2.37. The molecule has 3 aromatic rings. The van der Waals surface area contributed by atoms with E-state index in [1.807, 2.05) is 86.6 Å². The molecule has 1 aliphatic rings. The van der Waals surface area contributed by atoms with E-state index in [0.29, 0.717) is 12.1 Å². The van der Waals surface area contributed by atoms with Gasteiger partial charge in [0.25, 0.3) is 11.8 Å². The molecule has 1 aliphatic heterocycles. The quantitative estimate of drug-likeness (QED) is 0.727. The van der Waals surface area contributed by atoms with Gasteiger partial charge in [-0.2, -0.15) is 0 Å². The molecule has 4 heteroatoms. The maximum atomic E-state index is 13.4. The van der Waals surface area contributed by atoms with Gasteiger partial charge in [0.05, 0.1) is 0 Å². The number of aryl methyl sites for hydroxylation is 1. The summed E-state index contributed by atoms with van der Waals surface area (Å²) in [6.07, 6.45) is 0. The van der Waals surface area contributed by atoms with E-state index >= 15 is 0 Å². The lowest BCUT2D eigenvalue weighted by molar-refractivity contribution is -0.120. The molecular formula is C24H22N2O2. The molecule has 0 aliphatic carbocycles. The molecule has 0 aromatic heterocycles. The van der Waals surface area contributed by atoms with Crippen LogP contribution in [0.1, 0.15) is 38.7 Å². The van der Waals surface area contributed by atoms with Crippen molar-refractivity contribution < 1.29 is 9.59 Å². The monoisotopic (exact) mass is 370 g/mol. The number of hydrogen-bond acceptors (Lipinski definition) is 2. The number of fused-ring (bicyclic) bond motifs is 1. The molecule has 0 saturated heterocycles. The first-order valence-electron chi connectivity index (χ1n) is 9.37. The van der Waals surface area contributed by atoms with E-state index in [1.54, 1.807) is 4.90 Å². The highest BCUT2D eigenvalue weighted by Gasteiger charge is 2.37. The predicted molar refractivity (Wildman–Crippen MR) is 110 cm³/mol. The van der Waals surface area contributed by atoms with Crippen molar-refractivity contribution in [2.24, 2.45) is 0 Å². The summed E-state index contributed by atoms with van der Waals surface area (Å²) in [5.74, 6) is -0.318. The summed E-state index contributed by atoms with van der Waals surface area (Å²) >= 11 is 0. The van der Waals surface area contributed by atoms with Gasteiger partial charge in [0.15, 0.2) is 0 Å². The van der Waals surface area contributed by atoms with Gasteiger partial charge in [-0.15, -0.1) is 0 Å². The second-order valence-electron chi connectivity index (χ2n) is 7.14. The Morgan fingerprint density at radius 1 is 0.929 bits per heavy atom. The number of amides is 2. The van der Waals surface area contributed by atoms with Crippen LogP contribution in [-0.2, 0) is 11.3 Å². The molecule has 0 saturated carbocycles. The minimum Gasteiger partial charge on any atom is -0.324 e. The Hall–Kier alpha value is -3.40. The second kappa shape index (κ2) is 7.31. The molecule has 1 atom stereocenters. The Morgan fingerprint density at radius 2 is 1.64 bits per heavy atom. The summed E-state index contributed by atoms with van der Waals surface area (Å²) in [7, 11) is 0. The Balaban J connectivity index is 1.70. The number of carbonyl (C=O) groups excluding carboxylic acids is 2. The Bertz CT molecular complexity index is 1040. The molecule has 0 radical (unpaired) electrons.